The number of phenolic OH excluding ortho intramolecular Hbond substituents is 2. The maximum atomic E-state index is 9.82. The molecule has 0 fully saturated rings. The molecule has 0 aliphatic carbocycles. The standard InChI is InChI=1S/C13H20O2/c1-8(2)12(9(3)4)10-6-5-7-11(14)13(10)15/h5-9,12,14-15H,1-4H3. The average Bonchev–Trinajstić information content (AvgIpc) is 2.11. The molecule has 1 aromatic rings. The summed E-state index contributed by atoms with van der Waals surface area (Å²) in [4.78, 5) is 0. The summed E-state index contributed by atoms with van der Waals surface area (Å²) >= 11 is 0. The quantitative estimate of drug-likeness (QED) is 0.746. The van der Waals surface area contributed by atoms with Gasteiger partial charge in [-0.05, 0) is 23.8 Å². The molecule has 0 aromatic heterocycles. The van der Waals surface area contributed by atoms with E-state index < -0.39 is 0 Å². The van der Waals surface area contributed by atoms with Gasteiger partial charge < -0.3 is 10.2 Å². The van der Waals surface area contributed by atoms with Gasteiger partial charge in [-0.1, -0.05) is 39.8 Å². The van der Waals surface area contributed by atoms with Crippen LogP contribution in [0.5, 0.6) is 11.5 Å². The van der Waals surface area contributed by atoms with Crippen LogP contribution in [0.15, 0.2) is 18.2 Å². The van der Waals surface area contributed by atoms with Crippen LogP contribution in [0.4, 0.5) is 0 Å². The number of hydrogen-bond acceptors (Lipinski definition) is 2. The van der Waals surface area contributed by atoms with Gasteiger partial charge in [0.25, 0.3) is 0 Å². The highest BCUT2D eigenvalue weighted by Crippen LogP contribution is 2.40. The number of phenols is 2. The van der Waals surface area contributed by atoms with Gasteiger partial charge in [-0.25, -0.2) is 0 Å². The minimum absolute atomic E-state index is 0.0289. The maximum absolute atomic E-state index is 9.82. The predicted octanol–water partition coefficient (Wildman–Crippen LogP) is 3.49. The van der Waals surface area contributed by atoms with Crippen LogP contribution >= 0.6 is 0 Å². The van der Waals surface area contributed by atoms with E-state index >= 15 is 0 Å². The second kappa shape index (κ2) is 4.56. The number of benzene rings is 1. The predicted molar refractivity (Wildman–Crippen MR) is 62.2 cm³/mol. The summed E-state index contributed by atoms with van der Waals surface area (Å²) in [6.07, 6.45) is 0. The fraction of sp³-hybridized carbons (Fsp3) is 0.538. The minimum Gasteiger partial charge on any atom is -0.504 e. The van der Waals surface area contributed by atoms with Gasteiger partial charge in [0.15, 0.2) is 11.5 Å². The molecule has 84 valence electrons. The molecule has 0 saturated heterocycles. The smallest absolute Gasteiger partial charge is 0.160 e. The largest absolute Gasteiger partial charge is 0.504 e. The fourth-order valence-electron chi connectivity index (χ4n) is 2.31. The zero-order valence-corrected chi connectivity index (χ0v) is 9.86. The van der Waals surface area contributed by atoms with Crippen LogP contribution in [-0.4, -0.2) is 10.2 Å². The maximum Gasteiger partial charge on any atom is 0.160 e. The highest BCUT2D eigenvalue weighted by atomic mass is 16.3. The van der Waals surface area contributed by atoms with Crippen molar-refractivity contribution >= 4 is 0 Å². The summed E-state index contributed by atoms with van der Waals surface area (Å²) in [5.41, 5.74) is 0.847. The zero-order valence-electron chi connectivity index (χ0n) is 9.86. The van der Waals surface area contributed by atoms with Crippen LogP contribution in [0.25, 0.3) is 0 Å². The lowest BCUT2D eigenvalue weighted by atomic mass is 9.79. The number of hydrogen-bond donors (Lipinski definition) is 2. The second-order valence-electron chi connectivity index (χ2n) is 4.73. The zero-order chi connectivity index (χ0) is 11.6. The van der Waals surface area contributed by atoms with E-state index in [-0.39, 0.29) is 17.4 Å². The molecule has 0 unspecified atom stereocenters. The summed E-state index contributed by atoms with van der Waals surface area (Å²) in [7, 11) is 0. The van der Waals surface area contributed by atoms with Crippen molar-refractivity contribution in [1.82, 2.24) is 0 Å². The first-order valence-electron chi connectivity index (χ1n) is 5.46. The van der Waals surface area contributed by atoms with E-state index in [4.69, 9.17) is 0 Å². The molecule has 0 atom stereocenters. The molecule has 0 aliphatic rings. The molecular formula is C13H20O2. The van der Waals surface area contributed by atoms with Crippen LogP contribution in [-0.2, 0) is 0 Å². The Hall–Kier alpha value is -1.18. The van der Waals surface area contributed by atoms with Gasteiger partial charge in [-0.2, -0.15) is 0 Å². The van der Waals surface area contributed by atoms with Gasteiger partial charge >= 0.3 is 0 Å². The monoisotopic (exact) mass is 208 g/mol. The van der Waals surface area contributed by atoms with Gasteiger partial charge in [-0.3, -0.25) is 0 Å². The summed E-state index contributed by atoms with van der Waals surface area (Å²) in [6, 6.07) is 5.18. The Morgan fingerprint density at radius 1 is 0.933 bits per heavy atom. The third-order valence-electron chi connectivity index (χ3n) is 2.84. The average molecular weight is 208 g/mol. The van der Waals surface area contributed by atoms with Crippen molar-refractivity contribution in [2.24, 2.45) is 11.8 Å². The third kappa shape index (κ3) is 2.44. The Kier molecular flexibility index (Phi) is 3.61. The first-order chi connectivity index (χ1) is 6.95. The fourth-order valence-corrected chi connectivity index (χ4v) is 2.31. The Balaban J connectivity index is 3.17. The minimum atomic E-state index is -0.0289. The topological polar surface area (TPSA) is 40.5 Å². The van der Waals surface area contributed by atoms with Crippen LogP contribution < -0.4 is 0 Å². The van der Waals surface area contributed by atoms with E-state index in [0.717, 1.165) is 5.56 Å². The van der Waals surface area contributed by atoms with Crippen LogP contribution in [0.3, 0.4) is 0 Å². The van der Waals surface area contributed by atoms with Gasteiger partial charge in [0, 0.05) is 5.56 Å². The van der Waals surface area contributed by atoms with E-state index in [1.807, 2.05) is 6.07 Å². The van der Waals surface area contributed by atoms with Crippen molar-refractivity contribution in [1.29, 1.82) is 0 Å². The molecule has 2 heteroatoms. The van der Waals surface area contributed by atoms with E-state index in [2.05, 4.69) is 27.7 Å². The highest BCUT2D eigenvalue weighted by Gasteiger charge is 2.23. The van der Waals surface area contributed by atoms with Crippen LogP contribution in [0, 0.1) is 11.8 Å². The Bertz CT molecular complexity index is 321. The second-order valence-corrected chi connectivity index (χ2v) is 4.73. The summed E-state index contributed by atoms with van der Waals surface area (Å²) in [5, 5.41) is 19.3. The van der Waals surface area contributed by atoms with Crippen LogP contribution in [0.2, 0.25) is 0 Å². The summed E-state index contributed by atoms with van der Waals surface area (Å²) in [6.45, 7) is 8.53. The van der Waals surface area contributed by atoms with Crippen molar-refractivity contribution in [3.05, 3.63) is 23.8 Å². The molecule has 2 N–H and O–H groups in total. The molecule has 15 heavy (non-hydrogen) atoms. The molecule has 2 nitrogen and oxygen atoms in total. The summed E-state index contributed by atoms with van der Waals surface area (Å²) in [5.74, 6) is 1.16. The lowest BCUT2D eigenvalue weighted by Crippen LogP contribution is -2.13. The number of aromatic hydroxyl groups is 2. The lowest BCUT2D eigenvalue weighted by molar-refractivity contribution is 0.354. The highest BCUT2D eigenvalue weighted by molar-refractivity contribution is 5.46. The molecule has 0 heterocycles. The molecule has 0 saturated carbocycles. The van der Waals surface area contributed by atoms with E-state index in [1.54, 1.807) is 6.07 Å². The van der Waals surface area contributed by atoms with E-state index in [9.17, 15) is 10.2 Å². The first-order valence-corrected chi connectivity index (χ1v) is 5.46. The Labute approximate surface area is 91.6 Å². The first kappa shape index (κ1) is 11.9. The van der Waals surface area contributed by atoms with Gasteiger partial charge in [0.1, 0.15) is 0 Å². The number of para-hydroxylation sites is 1. The molecule has 0 aliphatic heterocycles. The molecule has 1 aromatic carbocycles. The molecule has 0 radical (unpaired) electrons. The summed E-state index contributed by atoms with van der Waals surface area (Å²) < 4.78 is 0. The SMILES string of the molecule is CC(C)C(c1cccc(O)c1O)C(C)C. The number of rotatable bonds is 3. The molecule has 1 rings (SSSR count). The van der Waals surface area contributed by atoms with Crippen molar-refractivity contribution < 1.29 is 10.2 Å². The normalized spacial score (nSPS) is 11.7. The van der Waals surface area contributed by atoms with Crippen LogP contribution in [0.1, 0.15) is 39.2 Å². The Morgan fingerprint density at radius 3 is 1.93 bits per heavy atom. The molecule has 0 bridgehead atoms. The van der Waals surface area contributed by atoms with Crippen molar-refractivity contribution in [3.63, 3.8) is 0 Å². The van der Waals surface area contributed by atoms with Gasteiger partial charge in [-0.15, -0.1) is 0 Å². The third-order valence-corrected chi connectivity index (χ3v) is 2.84. The lowest BCUT2D eigenvalue weighted by Gasteiger charge is -2.26. The molecule has 0 spiro atoms. The van der Waals surface area contributed by atoms with Gasteiger partial charge in [0.2, 0.25) is 0 Å². The van der Waals surface area contributed by atoms with E-state index in [0.29, 0.717) is 11.8 Å². The van der Waals surface area contributed by atoms with Gasteiger partial charge in [0.05, 0.1) is 0 Å². The van der Waals surface area contributed by atoms with Crippen molar-refractivity contribution in [2.45, 2.75) is 33.6 Å². The molecule has 0 amide bonds. The van der Waals surface area contributed by atoms with Crippen molar-refractivity contribution in [3.8, 4) is 11.5 Å². The van der Waals surface area contributed by atoms with E-state index in [1.165, 1.54) is 6.07 Å². The molecular weight excluding hydrogens is 188 g/mol. The Morgan fingerprint density at radius 2 is 1.47 bits per heavy atom. The van der Waals surface area contributed by atoms with Crippen molar-refractivity contribution in [2.75, 3.05) is 0 Å².